The summed E-state index contributed by atoms with van der Waals surface area (Å²) in [6.45, 7) is 1.82. The van der Waals surface area contributed by atoms with Crippen molar-refractivity contribution in [2.45, 2.75) is 16.9 Å². The third-order valence-corrected chi connectivity index (χ3v) is 5.77. The van der Waals surface area contributed by atoms with Crippen LogP contribution in [0.15, 0.2) is 39.9 Å². The molecular weight excluding hydrogens is 266 g/mol. The van der Waals surface area contributed by atoms with Crippen LogP contribution in [0.4, 0.5) is 0 Å². The maximum atomic E-state index is 12.1. The maximum Gasteiger partial charge on any atom is 0.191 e. The zero-order chi connectivity index (χ0) is 13.2. The monoisotopic (exact) mass is 277 g/mol. The van der Waals surface area contributed by atoms with Crippen molar-refractivity contribution in [2.24, 2.45) is 0 Å². The number of aryl methyl sites for hydroxylation is 1. The highest BCUT2D eigenvalue weighted by Crippen LogP contribution is 2.22. The summed E-state index contributed by atoms with van der Waals surface area (Å²) < 4.78 is 24.6. The Bertz CT molecular complexity index is 695. The summed E-state index contributed by atoms with van der Waals surface area (Å²) in [6, 6.07) is 10.4. The van der Waals surface area contributed by atoms with Gasteiger partial charge in [-0.2, -0.15) is 5.26 Å². The van der Waals surface area contributed by atoms with Crippen LogP contribution in [0.1, 0.15) is 16.7 Å². The minimum absolute atomic E-state index is 0.0228. The Hall–Kier alpha value is -1.64. The average Bonchev–Trinajstić information content (AvgIpc) is 2.86. The molecular formula is C13H11NO2S2. The van der Waals surface area contributed by atoms with Crippen LogP contribution in [0.3, 0.4) is 0 Å². The predicted molar refractivity (Wildman–Crippen MR) is 71.1 cm³/mol. The fourth-order valence-electron chi connectivity index (χ4n) is 1.64. The molecule has 0 N–H and O–H groups in total. The zero-order valence-electron chi connectivity index (χ0n) is 9.75. The lowest BCUT2D eigenvalue weighted by atomic mass is 10.1. The van der Waals surface area contributed by atoms with Gasteiger partial charge in [-0.05, 0) is 41.6 Å². The number of thiophene rings is 1. The fraction of sp³-hybridized carbons (Fsp3) is 0.154. The van der Waals surface area contributed by atoms with Crippen molar-refractivity contribution in [1.82, 2.24) is 0 Å². The molecule has 5 heteroatoms. The molecule has 3 nitrogen and oxygen atoms in total. The molecule has 0 aliphatic heterocycles. The summed E-state index contributed by atoms with van der Waals surface area (Å²) in [7, 11) is -3.28. The number of benzene rings is 1. The number of nitriles is 1. The average molecular weight is 277 g/mol. The minimum atomic E-state index is -3.28. The van der Waals surface area contributed by atoms with Gasteiger partial charge in [-0.25, -0.2) is 8.42 Å². The third kappa shape index (κ3) is 2.61. The summed E-state index contributed by atoms with van der Waals surface area (Å²) in [5.41, 5.74) is 2.11. The Labute approximate surface area is 110 Å². The summed E-state index contributed by atoms with van der Waals surface area (Å²) in [6.07, 6.45) is 0. The maximum absolute atomic E-state index is 12.1. The lowest BCUT2D eigenvalue weighted by Gasteiger charge is -2.06. The van der Waals surface area contributed by atoms with Gasteiger partial charge in [-0.3, -0.25) is 0 Å². The number of sulfone groups is 1. The van der Waals surface area contributed by atoms with Crippen LogP contribution >= 0.6 is 11.3 Å². The van der Waals surface area contributed by atoms with Gasteiger partial charge in [0.1, 0.15) is 4.21 Å². The third-order valence-electron chi connectivity index (χ3n) is 2.62. The van der Waals surface area contributed by atoms with Crippen LogP contribution in [0.2, 0.25) is 0 Å². The number of rotatable bonds is 3. The lowest BCUT2D eigenvalue weighted by molar-refractivity contribution is 0.597. The zero-order valence-corrected chi connectivity index (χ0v) is 11.4. The first-order valence-corrected chi connectivity index (χ1v) is 7.82. The molecule has 0 fully saturated rings. The van der Waals surface area contributed by atoms with E-state index in [2.05, 4.69) is 0 Å². The van der Waals surface area contributed by atoms with E-state index in [1.807, 2.05) is 13.0 Å². The molecule has 0 amide bonds. The molecule has 0 saturated carbocycles. The molecule has 0 radical (unpaired) electrons. The van der Waals surface area contributed by atoms with E-state index in [-0.39, 0.29) is 5.75 Å². The highest BCUT2D eigenvalue weighted by Gasteiger charge is 2.17. The first-order chi connectivity index (χ1) is 8.53. The Balaban J connectivity index is 2.33. The van der Waals surface area contributed by atoms with Gasteiger partial charge in [-0.1, -0.05) is 12.1 Å². The van der Waals surface area contributed by atoms with E-state index >= 15 is 0 Å². The van der Waals surface area contributed by atoms with Gasteiger partial charge in [0.25, 0.3) is 0 Å². The van der Waals surface area contributed by atoms with E-state index < -0.39 is 9.84 Å². The molecule has 0 bridgehead atoms. The molecule has 1 aromatic heterocycles. The van der Waals surface area contributed by atoms with Gasteiger partial charge in [0.2, 0.25) is 0 Å². The van der Waals surface area contributed by atoms with Crippen molar-refractivity contribution in [2.75, 3.05) is 0 Å². The minimum Gasteiger partial charge on any atom is -0.223 e. The first kappa shape index (κ1) is 12.8. The molecule has 2 aromatic rings. The van der Waals surface area contributed by atoms with Gasteiger partial charge < -0.3 is 0 Å². The quantitative estimate of drug-likeness (QED) is 0.866. The summed E-state index contributed by atoms with van der Waals surface area (Å²) >= 11 is 1.22. The molecule has 0 atom stereocenters. The Kier molecular flexibility index (Phi) is 3.50. The van der Waals surface area contributed by atoms with Crippen molar-refractivity contribution in [3.05, 3.63) is 52.4 Å². The predicted octanol–water partition coefficient (Wildman–Crippen LogP) is 2.90. The van der Waals surface area contributed by atoms with Gasteiger partial charge >= 0.3 is 0 Å². The highest BCUT2D eigenvalue weighted by atomic mass is 32.2. The standard InChI is InChI=1S/C13H11NO2S2/c1-10-7-11(8-14)4-5-12(10)9-18(15,16)13-3-2-6-17-13/h2-7H,9H2,1H3. The number of hydrogen-bond acceptors (Lipinski definition) is 4. The molecule has 0 saturated heterocycles. The van der Waals surface area contributed by atoms with E-state index in [9.17, 15) is 8.42 Å². The number of nitrogens with zero attached hydrogens (tertiary/aromatic N) is 1. The molecule has 1 heterocycles. The summed E-state index contributed by atoms with van der Waals surface area (Å²) in [4.78, 5) is 0. The van der Waals surface area contributed by atoms with Gasteiger partial charge in [0, 0.05) is 0 Å². The molecule has 0 unspecified atom stereocenters. The fourth-order valence-corrected chi connectivity index (χ4v) is 4.18. The van der Waals surface area contributed by atoms with Crippen LogP contribution in [0.5, 0.6) is 0 Å². The van der Waals surface area contributed by atoms with Crippen LogP contribution in [-0.2, 0) is 15.6 Å². The molecule has 92 valence electrons. The first-order valence-electron chi connectivity index (χ1n) is 5.29. The molecule has 0 aliphatic carbocycles. The topological polar surface area (TPSA) is 57.9 Å². The SMILES string of the molecule is Cc1cc(C#N)ccc1CS(=O)(=O)c1cccs1. The highest BCUT2D eigenvalue weighted by molar-refractivity contribution is 7.92. The van der Waals surface area contributed by atoms with Crippen molar-refractivity contribution < 1.29 is 8.42 Å². The molecule has 0 aliphatic rings. The van der Waals surface area contributed by atoms with Gasteiger partial charge in [-0.15, -0.1) is 11.3 Å². The molecule has 1 aromatic carbocycles. The normalized spacial score (nSPS) is 11.1. The van der Waals surface area contributed by atoms with E-state index in [1.54, 1.807) is 35.7 Å². The van der Waals surface area contributed by atoms with Crippen LogP contribution in [-0.4, -0.2) is 8.42 Å². The Morgan fingerprint density at radius 2 is 2.11 bits per heavy atom. The van der Waals surface area contributed by atoms with Crippen molar-refractivity contribution >= 4 is 21.2 Å². The molecule has 0 spiro atoms. The summed E-state index contributed by atoms with van der Waals surface area (Å²) in [5, 5.41) is 10.5. The van der Waals surface area contributed by atoms with Crippen molar-refractivity contribution in [3.8, 4) is 6.07 Å². The van der Waals surface area contributed by atoms with Crippen molar-refractivity contribution in [1.29, 1.82) is 5.26 Å². The number of hydrogen-bond donors (Lipinski definition) is 0. The van der Waals surface area contributed by atoms with Crippen LogP contribution in [0.25, 0.3) is 0 Å². The summed E-state index contributed by atoms with van der Waals surface area (Å²) in [5.74, 6) is -0.0228. The Morgan fingerprint density at radius 1 is 1.33 bits per heavy atom. The smallest absolute Gasteiger partial charge is 0.191 e. The van der Waals surface area contributed by atoms with E-state index in [1.165, 1.54) is 11.3 Å². The van der Waals surface area contributed by atoms with Gasteiger partial charge in [0.15, 0.2) is 9.84 Å². The second kappa shape index (κ2) is 4.92. The molecule has 2 rings (SSSR count). The van der Waals surface area contributed by atoms with Gasteiger partial charge in [0.05, 0.1) is 17.4 Å². The van der Waals surface area contributed by atoms with E-state index in [0.29, 0.717) is 9.77 Å². The lowest BCUT2D eigenvalue weighted by Crippen LogP contribution is -2.04. The second-order valence-electron chi connectivity index (χ2n) is 3.94. The molecule has 18 heavy (non-hydrogen) atoms. The van der Waals surface area contributed by atoms with E-state index in [0.717, 1.165) is 11.1 Å². The second-order valence-corrected chi connectivity index (χ2v) is 7.11. The van der Waals surface area contributed by atoms with Crippen LogP contribution in [0, 0.1) is 18.3 Å². The largest absolute Gasteiger partial charge is 0.223 e. The Morgan fingerprint density at radius 3 is 2.67 bits per heavy atom. The van der Waals surface area contributed by atoms with Crippen molar-refractivity contribution in [3.63, 3.8) is 0 Å². The van der Waals surface area contributed by atoms with Crippen LogP contribution < -0.4 is 0 Å². The van der Waals surface area contributed by atoms with E-state index in [4.69, 9.17) is 5.26 Å².